The molecule has 1 fully saturated rings. The topological polar surface area (TPSA) is 17.1 Å². The second-order valence-electron chi connectivity index (χ2n) is 1.81. The molecule has 0 bridgehead atoms. The molecule has 1 aliphatic carbocycles. The minimum absolute atomic E-state index is 0.370. The van der Waals surface area contributed by atoms with Gasteiger partial charge >= 0.3 is 0 Å². The van der Waals surface area contributed by atoms with E-state index in [1.165, 1.54) is 6.42 Å². The van der Waals surface area contributed by atoms with Crippen LogP contribution in [0.1, 0.15) is 19.3 Å². The van der Waals surface area contributed by atoms with Crippen molar-refractivity contribution < 1.29 is 4.21 Å². The minimum Gasteiger partial charge on any atom is -0.451 e. The van der Waals surface area contributed by atoms with Crippen LogP contribution in [0.2, 0.25) is 0 Å². The van der Waals surface area contributed by atoms with E-state index in [2.05, 4.69) is 11.2 Å². The first-order valence-corrected chi connectivity index (χ1v) is 4.52. The highest BCUT2D eigenvalue weighted by Gasteiger charge is 2.09. The minimum atomic E-state index is -0.940. The van der Waals surface area contributed by atoms with Crippen molar-refractivity contribution in [3.05, 3.63) is 0 Å². The van der Waals surface area contributed by atoms with Crippen molar-refractivity contribution >= 4 is 20.5 Å². The van der Waals surface area contributed by atoms with Crippen molar-refractivity contribution in [2.75, 3.05) is 0 Å². The molecule has 0 saturated heterocycles. The van der Waals surface area contributed by atoms with Crippen molar-refractivity contribution in [2.45, 2.75) is 24.5 Å². The van der Waals surface area contributed by atoms with Crippen LogP contribution in [0, 0.1) is 0 Å². The first kappa shape index (κ1) is 5.51. The third-order valence-electron chi connectivity index (χ3n) is 1.32. The van der Waals surface area contributed by atoms with Crippen molar-refractivity contribution in [1.29, 1.82) is 0 Å². The smallest absolute Gasteiger partial charge is 0.0560 e. The molecule has 0 heterocycles. The zero-order valence-electron chi connectivity index (χ0n) is 3.92. The fourth-order valence-electron chi connectivity index (χ4n) is 0.563. The highest BCUT2D eigenvalue weighted by atomic mass is 32.8. The predicted molar refractivity (Wildman–Crippen MR) is 33.1 cm³/mol. The SMILES string of the molecule is O=[S-](=S)C1CCC1. The normalized spacial score (nSPS) is 22.4. The van der Waals surface area contributed by atoms with E-state index in [1.54, 1.807) is 0 Å². The van der Waals surface area contributed by atoms with Crippen LogP contribution in [0.4, 0.5) is 0 Å². The molecule has 0 amide bonds. The zero-order valence-corrected chi connectivity index (χ0v) is 5.56. The second-order valence-corrected chi connectivity index (χ2v) is 3.99. The Labute approximate surface area is 49.8 Å². The Morgan fingerprint density at radius 2 is 2.14 bits per heavy atom. The summed E-state index contributed by atoms with van der Waals surface area (Å²) >= 11 is 4.52. The van der Waals surface area contributed by atoms with Crippen LogP contribution < -0.4 is 0 Å². The molecule has 0 aromatic carbocycles. The van der Waals surface area contributed by atoms with Crippen LogP contribution in [0.25, 0.3) is 0 Å². The molecule has 3 heteroatoms. The quantitative estimate of drug-likeness (QED) is 0.498. The van der Waals surface area contributed by atoms with Crippen LogP contribution in [0.3, 0.4) is 0 Å². The van der Waals surface area contributed by atoms with Gasteiger partial charge in [0.05, 0.1) is 0 Å². The molecule has 0 atom stereocenters. The fourth-order valence-corrected chi connectivity index (χ4v) is 1.86. The van der Waals surface area contributed by atoms with Crippen LogP contribution in [-0.4, -0.2) is 5.25 Å². The molecule has 1 saturated carbocycles. The molecule has 0 radical (unpaired) electrons. The molecule has 1 aliphatic rings. The molecule has 42 valence electrons. The van der Waals surface area contributed by atoms with Crippen LogP contribution in [0.5, 0.6) is 0 Å². The average molecular weight is 135 g/mol. The molecule has 7 heavy (non-hydrogen) atoms. The van der Waals surface area contributed by atoms with Gasteiger partial charge in [-0.15, -0.1) is 0 Å². The van der Waals surface area contributed by atoms with Crippen molar-refractivity contribution in [3.8, 4) is 0 Å². The van der Waals surface area contributed by atoms with Gasteiger partial charge < -0.3 is 4.21 Å². The largest absolute Gasteiger partial charge is 0.451 e. The van der Waals surface area contributed by atoms with Gasteiger partial charge in [-0.3, -0.25) is 0 Å². The summed E-state index contributed by atoms with van der Waals surface area (Å²) in [5.74, 6) is 0. The van der Waals surface area contributed by atoms with Crippen LogP contribution >= 0.6 is 0 Å². The molecule has 0 aliphatic heterocycles. The van der Waals surface area contributed by atoms with E-state index in [4.69, 9.17) is 0 Å². The van der Waals surface area contributed by atoms with Crippen molar-refractivity contribution in [3.63, 3.8) is 0 Å². The molecule has 0 aromatic rings. The van der Waals surface area contributed by atoms with E-state index in [0.717, 1.165) is 12.8 Å². The summed E-state index contributed by atoms with van der Waals surface area (Å²) in [6, 6.07) is 0. The van der Waals surface area contributed by atoms with Crippen LogP contribution in [0.15, 0.2) is 0 Å². The maximum absolute atomic E-state index is 10.4. The molecule has 0 unspecified atom stereocenters. The number of rotatable bonds is 1. The Bertz CT molecular complexity index is 116. The summed E-state index contributed by atoms with van der Waals surface area (Å²) in [6.07, 6.45) is 3.42. The third-order valence-corrected chi connectivity index (χ3v) is 3.16. The van der Waals surface area contributed by atoms with Gasteiger partial charge in [-0.25, -0.2) is 20.5 Å². The molecular weight excluding hydrogens is 128 g/mol. The summed E-state index contributed by atoms with van der Waals surface area (Å²) in [6.45, 7) is 0. The van der Waals surface area contributed by atoms with Crippen molar-refractivity contribution in [2.24, 2.45) is 0 Å². The highest BCUT2D eigenvalue weighted by molar-refractivity contribution is 8.22. The molecule has 0 N–H and O–H groups in total. The molecule has 0 spiro atoms. The molecule has 1 rings (SSSR count). The maximum Gasteiger partial charge on any atom is -0.0560 e. The molecule has 0 aromatic heterocycles. The second kappa shape index (κ2) is 2.09. The van der Waals surface area contributed by atoms with E-state index in [1.807, 2.05) is 0 Å². The lowest BCUT2D eigenvalue weighted by atomic mass is 10.0. The van der Waals surface area contributed by atoms with Crippen LogP contribution in [-0.2, 0) is 24.8 Å². The Morgan fingerprint density at radius 1 is 1.57 bits per heavy atom. The first-order chi connectivity index (χ1) is 3.30. The molecular formula is C4H7OS2-. The highest BCUT2D eigenvalue weighted by Crippen LogP contribution is 2.20. The molecule has 1 nitrogen and oxygen atoms in total. The van der Waals surface area contributed by atoms with Gasteiger partial charge in [-0.1, -0.05) is 24.5 Å². The van der Waals surface area contributed by atoms with Gasteiger partial charge in [-0.2, -0.15) is 0 Å². The van der Waals surface area contributed by atoms with Gasteiger partial charge in [0, 0.05) is 0 Å². The average Bonchev–Trinajstić information content (AvgIpc) is 1.23. The summed E-state index contributed by atoms with van der Waals surface area (Å²) in [5.41, 5.74) is 0. The Balaban J connectivity index is 2.41. The first-order valence-electron chi connectivity index (χ1n) is 2.39. The summed E-state index contributed by atoms with van der Waals surface area (Å²) in [5, 5.41) is 0.370. The Morgan fingerprint density at radius 3 is 2.14 bits per heavy atom. The van der Waals surface area contributed by atoms with Gasteiger partial charge in [0.1, 0.15) is 0 Å². The monoisotopic (exact) mass is 135 g/mol. The zero-order chi connectivity index (χ0) is 5.28. The van der Waals surface area contributed by atoms with Crippen molar-refractivity contribution in [1.82, 2.24) is 0 Å². The summed E-state index contributed by atoms with van der Waals surface area (Å²) < 4.78 is 10.4. The van der Waals surface area contributed by atoms with Gasteiger partial charge in [-0.05, 0) is 0 Å². The lowest BCUT2D eigenvalue weighted by molar-refractivity contribution is 0.500. The van der Waals surface area contributed by atoms with E-state index >= 15 is 0 Å². The Hall–Kier alpha value is 0.370. The predicted octanol–water partition coefficient (Wildman–Crippen LogP) is 0.965. The Kier molecular flexibility index (Phi) is 1.65. The van der Waals surface area contributed by atoms with E-state index in [-0.39, 0.29) is 0 Å². The van der Waals surface area contributed by atoms with Gasteiger partial charge in [0.25, 0.3) is 0 Å². The van der Waals surface area contributed by atoms with Gasteiger partial charge in [0.2, 0.25) is 0 Å². The number of hydrogen-bond donors (Lipinski definition) is 0. The number of hydrogen-bond acceptors (Lipinski definition) is 3. The lowest BCUT2D eigenvalue weighted by Crippen LogP contribution is -2.17. The lowest BCUT2D eigenvalue weighted by Gasteiger charge is -2.27. The summed E-state index contributed by atoms with van der Waals surface area (Å²) in [4.78, 5) is 0. The summed E-state index contributed by atoms with van der Waals surface area (Å²) in [7, 11) is -0.940. The third kappa shape index (κ3) is 1.13. The van der Waals surface area contributed by atoms with Gasteiger partial charge in [0.15, 0.2) is 0 Å². The van der Waals surface area contributed by atoms with E-state index < -0.39 is 9.36 Å². The maximum atomic E-state index is 10.4. The standard InChI is InChI=1S/C4H7OS2/c5-7(6)4-2-1-3-4/h4H,1-3H2/q-1. The van der Waals surface area contributed by atoms with E-state index in [0.29, 0.717) is 5.25 Å². The fraction of sp³-hybridized carbons (Fsp3) is 1.00. The van der Waals surface area contributed by atoms with E-state index in [9.17, 15) is 4.21 Å².